The lowest BCUT2D eigenvalue weighted by atomic mass is 9.99. The Morgan fingerprint density at radius 3 is 2.80 bits per heavy atom. The van der Waals surface area contributed by atoms with Crippen LogP contribution in [0.2, 0.25) is 0 Å². The van der Waals surface area contributed by atoms with Crippen LogP contribution in [0, 0.1) is 10.1 Å². The lowest BCUT2D eigenvalue weighted by molar-refractivity contribution is -0.384. The highest BCUT2D eigenvalue weighted by molar-refractivity contribution is 6.02. The molecule has 2 heterocycles. The number of para-hydroxylation sites is 2. The maximum Gasteiger partial charge on any atom is 0.269 e. The Labute approximate surface area is 144 Å². The van der Waals surface area contributed by atoms with Gasteiger partial charge in [0, 0.05) is 18.6 Å². The fraction of sp³-hybridized carbons (Fsp3) is 0.105. The summed E-state index contributed by atoms with van der Waals surface area (Å²) in [5.74, 6) is 0.703. The highest BCUT2D eigenvalue weighted by Crippen LogP contribution is 2.36. The second-order valence-electron chi connectivity index (χ2n) is 5.81. The number of anilines is 1. The van der Waals surface area contributed by atoms with Crippen LogP contribution in [0.5, 0.6) is 0 Å². The molecule has 1 aromatic heterocycles. The molecule has 1 aliphatic heterocycles. The number of rotatable bonds is 3. The van der Waals surface area contributed by atoms with Crippen molar-refractivity contribution in [1.29, 1.82) is 0 Å². The van der Waals surface area contributed by atoms with Gasteiger partial charge in [-0.1, -0.05) is 24.3 Å². The van der Waals surface area contributed by atoms with Crippen molar-refractivity contribution in [3.05, 3.63) is 88.4 Å². The molecule has 1 N–H and O–H groups in total. The fourth-order valence-corrected chi connectivity index (χ4v) is 2.97. The van der Waals surface area contributed by atoms with Crippen LogP contribution in [-0.4, -0.2) is 10.6 Å². The molecule has 0 saturated carbocycles. The third kappa shape index (κ3) is 3.01. The summed E-state index contributed by atoms with van der Waals surface area (Å²) in [4.78, 5) is 15.5. The maximum atomic E-state index is 11.1. The van der Waals surface area contributed by atoms with Crippen LogP contribution < -0.4 is 5.32 Å². The van der Waals surface area contributed by atoms with Gasteiger partial charge in [-0.05, 0) is 29.8 Å². The second kappa shape index (κ2) is 6.24. The number of nitro groups is 1. The number of fused-ring (bicyclic) bond motifs is 1. The Balaban J connectivity index is 1.79. The summed E-state index contributed by atoms with van der Waals surface area (Å²) >= 11 is 0. The van der Waals surface area contributed by atoms with E-state index in [2.05, 4.69) is 5.32 Å². The van der Waals surface area contributed by atoms with Gasteiger partial charge in [0.1, 0.15) is 5.76 Å². The summed E-state index contributed by atoms with van der Waals surface area (Å²) in [6, 6.07) is 18.0. The van der Waals surface area contributed by atoms with Crippen molar-refractivity contribution in [2.45, 2.75) is 12.5 Å². The number of hydrogen-bond donors (Lipinski definition) is 1. The third-order valence-corrected chi connectivity index (χ3v) is 4.18. The molecule has 6 nitrogen and oxygen atoms in total. The predicted molar refractivity (Wildman–Crippen MR) is 95.4 cm³/mol. The van der Waals surface area contributed by atoms with Crippen LogP contribution in [0.15, 0.2) is 76.3 Å². The van der Waals surface area contributed by atoms with Crippen molar-refractivity contribution in [2.75, 3.05) is 5.32 Å². The minimum absolute atomic E-state index is 0.0771. The average molecular weight is 333 g/mol. The van der Waals surface area contributed by atoms with Gasteiger partial charge in [0.25, 0.3) is 5.69 Å². The Morgan fingerprint density at radius 1 is 1.12 bits per heavy atom. The van der Waals surface area contributed by atoms with E-state index in [1.165, 1.54) is 6.07 Å². The molecule has 2 aromatic carbocycles. The van der Waals surface area contributed by atoms with Crippen LogP contribution in [-0.2, 0) is 0 Å². The van der Waals surface area contributed by atoms with Gasteiger partial charge in [-0.15, -0.1) is 0 Å². The normalized spacial score (nSPS) is 16.3. The van der Waals surface area contributed by atoms with Gasteiger partial charge in [-0.2, -0.15) is 0 Å². The Bertz CT molecular complexity index is 948. The van der Waals surface area contributed by atoms with Crippen molar-refractivity contribution >= 4 is 22.8 Å². The lowest BCUT2D eigenvalue weighted by Gasteiger charge is -2.18. The number of furan rings is 1. The molecular weight excluding hydrogens is 318 g/mol. The number of non-ortho nitro benzene ring substituents is 1. The first-order valence-electron chi connectivity index (χ1n) is 7.92. The summed E-state index contributed by atoms with van der Waals surface area (Å²) in [5.41, 5.74) is 3.43. The van der Waals surface area contributed by atoms with E-state index in [0.717, 1.165) is 22.6 Å². The smallest absolute Gasteiger partial charge is 0.269 e. The van der Waals surface area contributed by atoms with E-state index in [-0.39, 0.29) is 16.7 Å². The van der Waals surface area contributed by atoms with Crippen LogP contribution in [0.4, 0.5) is 17.1 Å². The molecule has 0 radical (unpaired) electrons. The summed E-state index contributed by atoms with van der Waals surface area (Å²) in [6.45, 7) is 0. The van der Waals surface area contributed by atoms with Gasteiger partial charge < -0.3 is 9.73 Å². The van der Waals surface area contributed by atoms with Crippen molar-refractivity contribution in [2.24, 2.45) is 4.99 Å². The number of nitro benzene ring substituents is 1. The topological polar surface area (TPSA) is 80.7 Å². The van der Waals surface area contributed by atoms with E-state index >= 15 is 0 Å². The number of aliphatic imine (C=N–C) groups is 1. The van der Waals surface area contributed by atoms with Gasteiger partial charge in [-0.3, -0.25) is 10.1 Å². The molecule has 1 atom stereocenters. The average Bonchev–Trinajstić information content (AvgIpc) is 3.09. The Hall–Kier alpha value is -3.41. The van der Waals surface area contributed by atoms with Crippen LogP contribution in [0.3, 0.4) is 0 Å². The van der Waals surface area contributed by atoms with E-state index in [1.807, 2.05) is 42.5 Å². The first-order chi connectivity index (χ1) is 12.2. The molecule has 0 saturated heterocycles. The minimum Gasteiger partial charge on any atom is -0.463 e. The number of nitrogens with zero attached hydrogens (tertiary/aromatic N) is 2. The molecule has 0 bridgehead atoms. The molecule has 1 aliphatic rings. The lowest BCUT2D eigenvalue weighted by Crippen LogP contribution is -2.14. The molecule has 124 valence electrons. The largest absolute Gasteiger partial charge is 0.463 e. The summed E-state index contributed by atoms with van der Waals surface area (Å²) < 4.78 is 5.52. The highest BCUT2D eigenvalue weighted by atomic mass is 16.6. The van der Waals surface area contributed by atoms with Gasteiger partial charge in [-0.25, -0.2) is 4.99 Å². The second-order valence-corrected chi connectivity index (χ2v) is 5.81. The van der Waals surface area contributed by atoms with Crippen molar-refractivity contribution in [3.8, 4) is 0 Å². The van der Waals surface area contributed by atoms with E-state index in [0.29, 0.717) is 12.2 Å². The van der Waals surface area contributed by atoms with E-state index < -0.39 is 0 Å². The molecule has 25 heavy (non-hydrogen) atoms. The van der Waals surface area contributed by atoms with E-state index in [4.69, 9.17) is 9.41 Å². The van der Waals surface area contributed by atoms with Gasteiger partial charge >= 0.3 is 0 Å². The van der Waals surface area contributed by atoms with Gasteiger partial charge in [0.2, 0.25) is 0 Å². The zero-order valence-electron chi connectivity index (χ0n) is 13.3. The maximum absolute atomic E-state index is 11.1. The molecule has 0 amide bonds. The molecule has 0 aliphatic carbocycles. The summed E-state index contributed by atoms with van der Waals surface area (Å²) in [6.07, 6.45) is 2.17. The van der Waals surface area contributed by atoms with Gasteiger partial charge in [0.05, 0.1) is 34.3 Å². The van der Waals surface area contributed by atoms with Crippen molar-refractivity contribution in [1.82, 2.24) is 0 Å². The summed E-state index contributed by atoms with van der Waals surface area (Å²) in [7, 11) is 0. The van der Waals surface area contributed by atoms with Crippen molar-refractivity contribution in [3.63, 3.8) is 0 Å². The molecular formula is C19H15N3O3. The molecule has 0 fully saturated rings. The molecule has 3 aromatic rings. The fourth-order valence-electron chi connectivity index (χ4n) is 2.97. The molecule has 1 unspecified atom stereocenters. The quantitative estimate of drug-likeness (QED) is 0.548. The molecule has 6 heteroatoms. The minimum atomic E-state index is -0.379. The number of nitrogens with one attached hydrogen (secondary N) is 1. The summed E-state index contributed by atoms with van der Waals surface area (Å²) in [5, 5.41) is 14.6. The van der Waals surface area contributed by atoms with E-state index in [9.17, 15) is 10.1 Å². The van der Waals surface area contributed by atoms with Gasteiger partial charge in [0.15, 0.2) is 0 Å². The van der Waals surface area contributed by atoms with Crippen LogP contribution >= 0.6 is 0 Å². The highest BCUT2D eigenvalue weighted by Gasteiger charge is 2.23. The molecule has 0 spiro atoms. The predicted octanol–water partition coefficient (Wildman–Crippen LogP) is 4.87. The van der Waals surface area contributed by atoms with E-state index in [1.54, 1.807) is 18.4 Å². The molecule has 4 rings (SSSR count). The van der Waals surface area contributed by atoms with Crippen LogP contribution in [0.25, 0.3) is 0 Å². The van der Waals surface area contributed by atoms with Crippen LogP contribution in [0.1, 0.15) is 23.8 Å². The zero-order chi connectivity index (χ0) is 17.2. The first-order valence-corrected chi connectivity index (χ1v) is 7.92. The Morgan fingerprint density at radius 2 is 2.00 bits per heavy atom. The third-order valence-electron chi connectivity index (χ3n) is 4.18. The zero-order valence-corrected chi connectivity index (χ0v) is 13.3. The first kappa shape index (κ1) is 15.1. The SMILES string of the molecule is O=[N+]([O-])c1cccc(C2CC(c3ccco3)=Nc3ccccc3N2)c1. The van der Waals surface area contributed by atoms with Crippen molar-refractivity contribution < 1.29 is 9.34 Å². The Kier molecular flexibility index (Phi) is 3.78. The monoisotopic (exact) mass is 333 g/mol. The number of benzene rings is 2. The standard InChI is InChI=1S/C19H15N3O3/c23-22(24)14-6-3-5-13(11-14)17-12-18(19-9-4-10-25-19)21-16-8-2-1-7-15(16)20-17/h1-11,17,20H,12H2. The number of hydrogen-bond acceptors (Lipinski definition) is 5.